The molecule has 0 bridgehead atoms. The number of hydrogen-bond donors (Lipinski definition) is 0. The van der Waals surface area contributed by atoms with Gasteiger partial charge in [-0.05, 0) is 102 Å². The van der Waals surface area contributed by atoms with Crippen LogP contribution in [0.5, 0.6) is 11.5 Å². The highest BCUT2D eigenvalue weighted by Crippen LogP contribution is 2.64. The lowest BCUT2D eigenvalue weighted by Gasteiger charge is -2.31. The fourth-order valence-corrected chi connectivity index (χ4v) is 8.84. The predicted octanol–water partition coefficient (Wildman–Crippen LogP) is 11.8. The minimum atomic E-state index is -0.406. The van der Waals surface area contributed by atoms with Crippen LogP contribution in [-0.4, -0.2) is 0 Å². The summed E-state index contributed by atoms with van der Waals surface area (Å²) in [5.74, 6) is 1.83. The van der Waals surface area contributed by atoms with Gasteiger partial charge < -0.3 is 4.74 Å². The van der Waals surface area contributed by atoms with Gasteiger partial charge in [0.05, 0.1) is 5.41 Å². The minimum Gasteiger partial charge on any atom is -0.456 e. The van der Waals surface area contributed by atoms with Crippen molar-refractivity contribution >= 4 is 21.5 Å². The summed E-state index contributed by atoms with van der Waals surface area (Å²) in [6, 6.07) is 58.3. The van der Waals surface area contributed by atoms with E-state index < -0.39 is 5.41 Å². The van der Waals surface area contributed by atoms with E-state index in [0.717, 1.165) is 17.1 Å². The van der Waals surface area contributed by atoms with Crippen LogP contribution in [0.25, 0.3) is 66.1 Å². The van der Waals surface area contributed by atoms with E-state index in [1.165, 1.54) is 82.7 Å². The Labute approximate surface area is 267 Å². The quantitative estimate of drug-likeness (QED) is 0.187. The molecule has 1 spiro atoms. The molecular formula is C45H26O. The number of benzene rings is 8. The molecule has 0 amide bonds. The van der Waals surface area contributed by atoms with Gasteiger partial charge in [0.2, 0.25) is 0 Å². The van der Waals surface area contributed by atoms with Gasteiger partial charge in [-0.1, -0.05) is 133 Å². The first-order valence-corrected chi connectivity index (χ1v) is 16.0. The Morgan fingerprint density at radius 3 is 1.85 bits per heavy atom. The van der Waals surface area contributed by atoms with Gasteiger partial charge in [0, 0.05) is 10.9 Å². The van der Waals surface area contributed by atoms with Gasteiger partial charge in [0.1, 0.15) is 11.5 Å². The zero-order chi connectivity index (χ0) is 30.0. The van der Waals surface area contributed by atoms with Crippen molar-refractivity contribution in [3.8, 4) is 56.0 Å². The van der Waals surface area contributed by atoms with E-state index in [0.29, 0.717) is 0 Å². The fraction of sp³-hybridized carbons (Fsp3) is 0.0222. The van der Waals surface area contributed by atoms with Crippen LogP contribution in [0.4, 0.5) is 0 Å². The molecule has 3 aliphatic rings. The van der Waals surface area contributed by atoms with Gasteiger partial charge in [-0.2, -0.15) is 0 Å². The molecule has 2 aliphatic carbocycles. The molecule has 1 heteroatoms. The van der Waals surface area contributed by atoms with Crippen molar-refractivity contribution in [2.45, 2.75) is 5.41 Å². The largest absolute Gasteiger partial charge is 0.456 e. The Kier molecular flexibility index (Phi) is 4.57. The molecule has 46 heavy (non-hydrogen) atoms. The van der Waals surface area contributed by atoms with Crippen LogP contribution in [0, 0.1) is 0 Å². The highest BCUT2D eigenvalue weighted by molar-refractivity contribution is 6.06. The van der Waals surface area contributed by atoms with E-state index in [4.69, 9.17) is 4.74 Å². The molecule has 212 valence electrons. The Morgan fingerprint density at radius 1 is 0.370 bits per heavy atom. The smallest absolute Gasteiger partial charge is 0.135 e. The molecule has 0 unspecified atom stereocenters. The lowest BCUT2D eigenvalue weighted by Crippen LogP contribution is -2.26. The minimum absolute atomic E-state index is 0.406. The van der Waals surface area contributed by atoms with Crippen molar-refractivity contribution in [1.82, 2.24) is 0 Å². The van der Waals surface area contributed by atoms with Crippen molar-refractivity contribution in [2.75, 3.05) is 0 Å². The summed E-state index contributed by atoms with van der Waals surface area (Å²) in [4.78, 5) is 0. The maximum atomic E-state index is 6.45. The van der Waals surface area contributed by atoms with Gasteiger partial charge in [-0.25, -0.2) is 0 Å². The third-order valence-electron chi connectivity index (χ3n) is 10.7. The summed E-state index contributed by atoms with van der Waals surface area (Å²) in [5.41, 5.74) is 15.2. The Balaban J connectivity index is 1.20. The average Bonchev–Trinajstić information content (AvgIpc) is 3.59. The van der Waals surface area contributed by atoms with Gasteiger partial charge in [-0.15, -0.1) is 0 Å². The highest BCUT2D eigenvalue weighted by atomic mass is 16.5. The monoisotopic (exact) mass is 582 g/mol. The molecule has 1 aliphatic heterocycles. The van der Waals surface area contributed by atoms with Gasteiger partial charge in [-0.3, -0.25) is 0 Å². The summed E-state index contributed by atoms with van der Waals surface area (Å²) in [6.07, 6.45) is 0. The van der Waals surface area contributed by atoms with Crippen LogP contribution >= 0.6 is 0 Å². The van der Waals surface area contributed by atoms with Crippen molar-refractivity contribution in [3.63, 3.8) is 0 Å². The summed E-state index contributed by atoms with van der Waals surface area (Å²) in [7, 11) is 0. The van der Waals surface area contributed by atoms with E-state index in [9.17, 15) is 0 Å². The topological polar surface area (TPSA) is 9.23 Å². The van der Waals surface area contributed by atoms with E-state index in [-0.39, 0.29) is 0 Å². The maximum absolute atomic E-state index is 6.45. The van der Waals surface area contributed by atoms with E-state index in [1.54, 1.807) is 0 Å². The fourth-order valence-electron chi connectivity index (χ4n) is 8.84. The van der Waals surface area contributed by atoms with Crippen LogP contribution in [0.15, 0.2) is 158 Å². The number of fused-ring (bicyclic) bond motifs is 14. The first-order chi connectivity index (χ1) is 22.8. The zero-order valence-corrected chi connectivity index (χ0v) is 24.9. The molecule has 11 rings (SSSR count). The highest BCUT2D eigenvalue weighted by Gasteiger charge is 2.52. The summed E-state index contributed by atoms with van der Waals surface area (Å²) in [5, 5.41) is 4.99. The van der Waals surface area contributed by atoms with E-state index >= 15 is 0 Å². The van der Waals surface area contributed by atoms with Gasteiger partial charge in [0.25, 0.3) is 0 Å². The average molecular weight is 583 g/mol. The van der Waals surface area contributed by atoms with Gasteiger partial charge in [0.15, 0.2) is 0 Å². The predicted molar refractivity (Wildman–Crippen MR) is 189 cm³/mol. The number of ether oxygens (including phenoxy) is 1. The Morgan fingerprint density at radius 2 is 1.00 bits per heavy atom. The van der Waals surface area contributed by atoms with Crippen molar-refractivity contribution in [2.24, 2.45) is 0 Å². The van der Waals surface area contributed by atoms with E-state index in [2.05, 4.69) is 158 Å². The Hall–Kier alpha value is -5.92. The van der Waals surface area contributed by atoms with Crippen LogP contribution in [0.2, 0.25) is 0 Å². The van der Waals surface area contributed by atoms with Crippen molar-refractivity contribution in [1.29, 1.82) is 0 Å². The first kappa shape index (κ1) is 24.4. The molecule has 1 heterocycles. The van der Waals surface area contributed by atoms with Crippen LogP contribution < -0.4 is 4.74 Å². The van der Waals surface area contributed by atoms with Crippen molar-refractivity contribution in [3.05, 3.63) is 180 Å². The molecule has 8 aromatic rings. The van der Waals surface area contributed by atoms with E-state index in [1.807, 2.05) is 0 Å². The summed E-state index contributed by atoms with van der Waals surface area (Å²) in [6.45, 7) is 0. The lowest BCUT2D eigenvalue weighted by atomic mass is 9.69. The molecule has 8 aromatic carbocycles. The molecule has 0 aromatic heterocycles. The van der Waals surface area contributed by atoms with Gasteiger partial charge >= 0.3 is 0 Å². The third kappa shape index (κ3) is 2.91. The molecular weight excluding hydrogens is 556 g/mol. The maximum Gasteiger partial charge on any atom is 0.135 e. The first-order valence-electron chi connectivity index (χ1n) is 16.0. The normalized spacial score (nSPS) is 14.0. The summed E-state index contributed by atoms with van der Waals surface area (Å²) >= 11 is 0. The molecule has 0 saturated heterocycles. The third-order valence-corrected chi connectivity index (χ3v) is 10.7. The Bertz CT molecular complexity index is 2570. The van der Waals surface area contributed by atoms with Crippen LogP contribution in [0.3, 0.4) is 0 Å². The molecule has 0 atom stereocenters. The number of hydrogen-bond acceptors (Lipinski definition) is 1. The van der Waals surface area contributed by atoms with Crippen LogP contribution in [0.1, 0.15) is 22.3 Å². The van der Waals surface area contributed by atoms with Crippen LogP contribution in [-0.2, 0) is 5.41 Å². The lowest BCUT2D eigenvalue weighted by molar-refractivity contribution is 0.487. The molecule has 1 nitrogen and oxygen atoms in total. The second kappa shape index (κ2) is 8.62. The molecule has 0 N–H and O–H groups in total. The zero-order valence-electron chi connectivity index (χ0n) is 24.9. The standard InChI is InChI=1S/C45H26O/c1-2-12-31-27(9-1)19-23-36-34-22-20-30(29-21-24-41-37(25-29)35-15-7-10-28-11-8-18-42(46-41)43(28)35)26-40(34)45(44(31)36)38-16-5-3-13-32(38)33-14-4-6-17-39(33)45/h1-26H. The number of rotatable bonds is 1. The second-order valence-electron chi connectivity index (χ2n) is 12.8. The molecule has 0 radical (unpaired) electrons. The van der Waals surface area contributed by atoms with Crippen molar-refractivity contribution < 1.29 is 4.74 Å². The second-order valence-corrected chi connectivity index (χ2v) is 12.8. The molecule has 0 saturated carbocycles. The SMILES string of the molecule is c1ccc2c(c1)-c1ccccc1C21c2cc(-c3ccc4c(c3)-c3cccc5cccc(c35)O4)ccc2-c2ccc3ccccc3c21. The summed E-state index contributed by atoms with van der Waals surface area (Å²) < 4.78 is 6.45. The molecule has 0 fully saturated rings.